The summed E-state index contributed by atoms with van der Waals surface area (Å²) in [6, 6.07) is 7.47. The Kier molecular flexibility index (Phi) is 3.78. The van der Waals surface area contributed by atoms with Gasteiger partial charge in [0, 0.05) is 5.02 Å². The monoisotopic (exact) mass is 199 g/mol. The second-order valence-electron chi connectivity index (χ2n) is 2.03. The third kappa shape index (κ3) is 2.65. The van der Waals surface area contributed by atoms with Crippen molar-refractivity contribution in [2.75, 3.05) is 0 Å². The van der Waals surface area contributed by atoms with E-state index in [1.807, 2.05) is 24.3 Å². The van der Waals surface area contributed by atoms with Gasteiger partial charge in [0.15, 0.2) is 0 Å². The van der Waals surface area contributed by atoms with E-state index in [0.29, 0.717) is 10.8 Å². The summed E-state index contributed by atoms with van der Waals surface area (Å²) in [5.41, 5.74) is 0.972. The van der Waals surface area contributed by atoms with Gasteiger partial charge in [0.2, 0.25) is 0 Å². The van der Waals surface area contributed by atoms with Gasteiger partial charge in [-0.1, -0.05) is 29.8 Å². The first-order valence-corrected chi connectivity index (χ1v) is 4.54. The molecule has 0 aliphatic rings. The van der Waals surface area contributed by atoms with Crippen LogP contribution in [-0.4, -0.2) is 0 Å². The molecule has 12 heavy (non-hydrogen) atoms. The van der Waals surface area contributed by atoms with Crippen LogP contribution in [0.15, 0.2) is 24.3 Å². The molecule has 0 aliphatic carbocycles. The van der Waals surface area contributed by atoms with Crippen LogP contribution >= 0.6 is 23.6 Å². The number of hydrogen-bond acceptors (Lipinski definition) is 3. The number of nitrogens with zero attached hydrogens (tertiary/aromatic N) is 1. The lowest BCUT2D eigenvalue weighted by atomic mass is 10.2. The Hall–Kier alpha value is -0.850. The lowest BCUT2D eigenvalue weighted by Gasteiger charge is -1.99. The summed E-state index contributed by atoms with van der Waals surface area (Å²) >= 11 is 6.93. The van der Waals surface area contributed by atoms with Crippen molar-refractivity contribution in [1.29, 1.82) is 5.26 Å². The highest BCUT2D eigenvalue weighted by molar-refractivity contribution is 7.94. The molecule has 0 radical (unpaired) electrons. The fourth-order valence-electron chi connectivity index (χ4n) is 0.735. The van der Waals surface area contributed by atoms with E-state index >= 15 is 0 Å². The van der Waals surface area contributed by atoms with Gasteiger partial charge >= 0.3 is 0 Å². The zero-order chi connectivity index (χ0) is 8.81. The molecule has 0 atom stereocenters. The zero-order valence-electron chi connectivity index (χ0n) is 6.16. The predicted octanol–water partition coefficient (Wildman–Crippen LogP) is 2.99. The standard InChI is InChI=1S/C8H6ClNOS/c9-8-4-2-1-3-7(8)5-12-11-6-10/h1-4H,5H2. The van der Waals surface area contributed by atoms with Crippen molar-refractivity contribution in [2.24, 2.45) is 0 Å². The molecule has 0 aliphatic heterocycles. The van der Waals surface area contributed by atoms with Gasteiger partial charge in [-0.3, -0.25) is 0 Å². The molecule has 0 saturated carbocycles. The zero-order valence-corrected chi connectivity index (χ0v) is 7.73. The lowest BCUT2D eigenvalue weighted by molar-refractivity contribution is 0.594. The van der Waals surface area contributed by atoms with Crippen LogP contribution in [0.3, 0.4) is 0 Å². The Morgan fingerprint density at radius 3 is 2.92 bits per heavy atom. The highest BCUT2D eigenvalue weighted by Crippen LogP contribution is 2.20. The van der Waals surface area contributed by atoms with Crippen molar-refractivity contribution in [3.05, 3.63) is 34.9 Å². The summed E-state index contributed by atoms with van der Waals surface area (Å²) in [5, 5.41) is 8.79. The van der Waals surface area contributed by atoms with Gasteiger partial charge in [-0.2, -0.15) is 0 Å². The topological polar surface area (TPSA) is 33.0 Å². The Labute approximate surface area is 80.3 Å². The van der Waals surface area contributed by atoms with E-state index in [-0.39, 0.29) is 0 Å². The van der Waals surface area contributed by atoms with Gasteiger partial charge in [0.05, 0.1) is 17.8 Å². The van der Waals surface area contributed by atoms with Gasteiger partial charge in [-0.05, 0) is 11.6 Å². The Balaban J connectivity index is 2.53. The molecule has 1 aromatic rings. The van der Waals surface area contributed by atoms with Crippen molar-refractivity contribution in [3.8, 4) is 6.26 Å². The van der Waals surface area contributed by atoms with Gasteiger partial charge < -0.3 is 4.18 Å². The minimum Gasteiger partial charge on any atom is -0.352 e. The Morgan fingerprint density at radius 1 is 1.50 bits per heavy atom. The van der Waals surface area contributed by atoms with E-state index in [2.05, 4.69) is 4.18 Å². The SMILES string of the molecule is N#COSCc1ccccc1Cl. The fourth-order valence-corrected chi connectivity index (χ4v) is 1.51. The second kappa shape index (κ2) is 4.91. The molecule has 1 rings (SSSR count). The van der Waals surface area contributed by atoms with E-state index in [1.165, 1.54) is 0 Å². The molecule has 0 saturated heterocycles. The highest BCUT2D eigenvalue weighted by Gasteiger charge is 1.98. The molecule has 2 nitrogen and oxygen atoms in total. The average Bonchev–Trinajstić information content (AvgIpc) is 2.09. The summed E-state index contributed by atoms with van der Waals surface area (Å²) < 4.78 is 4.46. The van der Waals surface area contributed by atoms with Crippen molar-refractivity contribution in [3.63, 3.8) is 0 Å². The molecule has 0 heterocycles. The van der Waals surface area contributed by atoms with E-state index in [4.69, 9.17) is 16.9 Å². The number of rotatable bonds is 3. The summed E-state index contributed by atoms with van der Waals surface area (Å²) in [5.74, 6) is 0.591. The number of hydrogen-bond donors (Lipinski definition) is 0. The molecule has 0 bridgehead atoms. The second-order valence-corrected chi connectivity index (χ2v) is 3.13. The molecular formula is C8H6ClNOS. The quantitative estimate of drug-likeness (QED) is 0.426. The number of benzene rings is 1. The van der Waals surface area contributed by atoms with Crippen LogP contribution in [0.2, 0.25) is 5.02 Å². The highest BCUT2D eigenvalue weighted by atomic mass is 35.5. The maximum Gasteiger partial charge on any atom is 0.299 e. The summed E-state index contributed by atoms with van der Waals surface area (Å²) in [6.07, 6.45) is 1.58. The number of halogens is 1. The van der Waals surface area contributed by atoms with Crippen LogP contribution in [0.5, 0.6) is 0 Å². The summed E-state index contributed by atoms with van der Waals surface area (Å²) in [4.78, 5) is 0. The van der Waals surface area contributed by atoms with Gasteiger partial charge in [-0.25, -0.2) is 0 Å². The van der Waals surface area contributed by atoms with Crippen LogP contribution in [0.4, 0.5) is 0 Å². The van der Waals surface area contributed by atoms with E-state index < -0.39 is 0 Å². The smallest absolute Gasteiger partial charge is 0.299 e. The molecule has 1 aromatic carbocycles. The first-order valence-electron chi connectivity index (χ1n) is 3.25. The van der Waals surface area contributed by atoms with E-state index in [1.54, 1.807) is 6.26 Å². The maximum absolute atomic E-state index is 8.09. The van der Waals surface area contributed by atoms with Crippen LogP contribution < -0.4 is 0 Å². The van der Waals surface area contributed by atoms with Crippen molar-refractivity contribution < 1.29 is 4.18 Å². The Bertz CT molecular complexity index is 297. The summed E-state index contributed by atoms with van der Waals surface area (Å²) in [7, 11) is 0. The van der Waals surface area contributed by atoms with Gasteiger partial charge in [-0.15, -0.1) is 5.26 Å². The average molecular weight is 200 g/mol. The third-order valence-electron chi connectivity index (χ3n) is 1.27. The van der Waals surface area contributed by atoms with Crippen LogP contribution in [0.25, 0.3) is 0 Å². The molecule has 0 amide bonds. The third-order valence-corrected chi connectivity index (χ3v) is 2.26. The first kappa shape index (κ1) is 9.24. The molecule has 0 unspecified atom stereocenters. The minimum absolute atomic E-state index is 0.591. The summed E-state index contributed by atoms with van der Waals surface area (Å²) in [6.45, 7) is 0. The number of nitriles is 1. The van der Waals surface area contributed by atoms with E-state index in [9.17, 15) is 0 Å². The molecule has 0 aromatic heterocycles. The maximum atomic E-state index is 8.09. The Morgan fingerprint density at radius 2 is 2.25 bits per heavy atom. The first-order chi connectivity index (χ1) is 5.84. The minimum atomic E-state index is 0.591. The fraction of sp³-hybridized carbons (Fsp3) is 0.125. The van der Waals surface area contributed by atoms with E-state index in [0.717, 1.165) is 17.6 Å². The van der Waals surface area contributed by atoms with Crippen molar-refractivity contribution in [2.45, 2.75) is 5.75 Å². The largest absolute Gasteiger partial charge is 0.352 e. The molecule has 0 N–H and O–H groups in total. The normalized spacial score (nSPS) is 9.00. The van der Waals surface area contributed by atoms with Crippen molar-refractivity contribution >= 4 is 23.6 Å². The van der Waals surface area contributed by atoms with Crippen molar-refractivity contribution in [1.82, 2.24) is 0 Å². The lowest BCUT2D eigenvalue weighted by Crippen LogP contribution is -1.81. The predicted molar refractivity (Wildman–Crippen MR) is 49.4 cm³/mol. The molecule has 0 spiro atoms. The van der Waals surface area contributed by atoms with Crippen LogP contribution in [-0.2, 0) is 9.94 Å². The molecule has 0 fully saturated rings. The van der Waals surface area contributed by atoms with Gasteiger partial charge in [0.1, 0.15) is 0 Å². The molecular weight excluding hydrogens is 194 g/mol. The molecule has 4 heteroatoms. The van der Waals surface area contributed by atoms with Crippen LogP contribution in [0.1, 0.15) is 5.56 Å². The van der Waals surface area contributed by atoms with Crippen LogP contribution in [0, 0.1) is 11.5 Å². The van der Waals surface area contributed by atoms with Gasteiger partial charge in [0.25, 0.3) is 6.26 Å². The molecule has 62 valence electrons.